The van der Waals surface area contributed by atoms with Crippen molar-refractivity contribution in [3.05, 3.63) is 194 Å². The SMILES string of the molecule is c1ccc(-c2nc(-c3ccc(-c4ccc5ccccc5c4)cc3)nc(-c3ccc(-c4ccccc4-n4c5ccccc5c5ccccc54)cc3)n2)cc1. The zero-order valence-electron chi connectivity index (χ0n) is 28.8. The van der Waals surface area contributed by atoms with E-state index in [0.29, 0.717) is 17.5 Å². The molecule has 0 amide bonds. The molecule has 0 spiro atoms. The van der Waals surface area contributed by atoms with E-state index in [-0.39, 0.29) is 0 Å². The molecule has 248 valence electrons. The van der Waals surface area contributed by atoms with Gasteiger partial charge in [0.15, 0.2) is 17.5 Å². The van der Waals surface area contributed by atoms with Crippen LogP contribution in [0.25, 0.3) is 94.7 Å². The molecule has 0 saturated carbocycles. The summed E-state index contributed by atoms with van der Waals surface area (Å²) < 4.78 is 2.38. The van der Waals surface area contributed by atoms with E-state index in [0.717, 1.165) is 39.1 Å². The summed E-state index contributed by atoms with van der Waals surface area (Å²) in [7, 11) is 0. The Bertz CT molecular complexity index is 2870. The number of benzene rings is 8. The highest BCUT2D eigenvalue weighted by Crippen LogP contribution is 2.37. The van der Waals surface area contributed by atoms with Crippen LogP contribution in [0.2, 0.25) is 0 Å². The molecule has 0 bridgehead atoms. The Balaban J connectivity index is 1.04. The molecule has 0 saturated heterocycles. The summed E-state index contributed by atoms with van der Waals surface area (Å²) in [6.45, 7) is 0. The van der Waals surface area contributed by atoms with Crippen LogP contribution < -0.4 is 0 Å². The van der Waals surface area contributed by atoms with Crippen LogP contribution in [0.5, 0.6) is 0 Å². The van der Waals surface area contributed by atoms with Gasteiger partial charge >= 0.3 is 0 Å². The zero-order valence-corrected chi connectivity index (χ0v) is 28.8. The molecule has 0 unspecified atom stereocenters. The maximum absolute atomic E-state index is 5.05. The lowest BCUT2D eigenvalue weighted by molar-refractivity contribution is 1.07. The van der Waals surface area contributed by atoms with E-state index in [2.05, 4.69) is 168 Å². The number of hydrogen-bond acceptors (Lipinski definition) is 3. The number of para-hydroxylation sites is 3. The summed E-state index contributed by atoms with van der Waals surface area (Å²) in [6.07, 6.45) is 0. The number of nitrogens with zero attached hydrogens (tertiary/aromatic N) is 4. The van der Waals surface area contributed by atoms with E-state index in [1.807, 2.05) is 30.3 Å². The highest BCUT2D eigenvalue weighted by Gasteiger charge is 2.16. The lowest BCUT2D eigenvalue weighted by Crippen LogP contribution is -2.00. The van der Waals surface area contributed by atoms with Crippen LogP contribution in [0.3, 0.4) is 0 Å². The predicted octanol–water partition coefficient (Wildman–Crippen LogP) is 12.5. The topological polar surface area (TPSA) is 43.6 Å². The largest absolute Gasteiger partial charge is 0.309 e. The fourth-order valence-corrected chi connectivity index (χ4v) is 7.42. The fraction of sp³-hybridized carbons (Fsp3) is 0. The van der Waals surface area contributed by atoms with Crippen molar-refractivity contribution in [2.45, 2.75) is 0 Å². The summed E-state index contributed by atoms with van der Waals surface area (Å²) in [4.78, 5) is 15.0. The van der Waals surface area contributed by atoms with Gasteiger partial charge in [-0.15, -0.1) is 0 Å². The number of hydrogen-bond donors (Lipinski definition) is 0. The molecule has 0 aliphatic rings. The van der Waals surface area contributed by atoms with Crippen LogP contribution in [0, 0.1) is 0 Å². The minimum atomic E-state index is 0.634. The van der Waals surface area contributed by atoms with Gasteiger partial charge in [-0.2, -0.15) is 0 Å². The second-order valence-electron chi connectivity index (χ2n) is 13.3. The average molecular weight is 677 g/mol. The third-order valence-corrected chi connectivity index (χ3v) is 10.1. The Hall–Kier alpha value is -7.17. The molecule has 10 rings (SSSR count). The third-order valence-electron chi connectivity index (χ3n) is 10.1. The van der Waals surface area contributed by atoms with Crippen molar-refractivity contribution < 1.29 is 0 Å². The van der Waals surface area contributed by atoms with Gasteiger partial charge in [0.05, 0.1) is 16.7 Å². The minimum Gasteiger partial charge on any atom is -0.309 e. The number of aromatic nitrogens is 4. The third kappa shape index (κ3) is 5.54. The molecule has 2 heterocycles. The van der Waals surface area contributed by atoms with E-state index >= 15 is 0 Å². The maximum Gasteiger partial charge on any atom is 0.164 e. The molecule has 0 fully saturated rings. The Morgan fingerprint density at radius 3 is 1.40 bits per heavy atom. The normalized spacial score (nSPS) is 11.4. The van der Waals surface area contributed by atoms with Crippen LogP contribution in [-0.2, 0) is 0 Å². The first kappa shape index (κ1) is 30.6. The van der Waals surface area contributed by atoms with E-state index < -0.39 is 0 Å². The monoisotopic (exact) mass is 676 g/mol. The van der Waals surface area contributed by atoms with Gasteiger partial charge in [0, 0.05) is 33.0 Å². The van der Waals surface area contributed by atoms with E-state index in [1.54, 1.807) is 0 Å². The Morgan fingerprint density at radius 2 is 0.755 bits per heavy atom. The van der Waals surface area contributed by atoms with Crippen LogP contribution in [-0.4, -0.2) is 19.5 Å². The fourth-order valence-electron chi connectivity index (χ4n) is 7.42. The first-order valence-corrected chi connectivity index (χ1v) is 17.9. The van der Waals surface area contributed by atoms with Gasteiger partial charge in [-0.05, 0) is 51.7 Å². The first-order valence-electron chi connectivity index (χ1n) is 17.9. The molecule has 4 nitrogen and oxygen atoms in total. The van der Waals surface area contributed by atoms with Gasteiger partial charge in [-0.1, -0.05) is 170 Å². The van der Waals surface area contributed by atoms with Crippen LogP contribution >= 0.6 is 0 Å². The quantitative estimate of drug-likeness (QED) is 0.176. The van der Waals surface area contributed by atoms with Gasteiger partial charge in [-0.25, -0.2) is 15.0 Å². The molecule has 0 aliphatic carbocycles. The van der Waals surface area contributed by atoms with Crippen molar-refractivity contribution in [3.63, 3.8) is 0 Å². The van der Waals surface area contributed by atoms with Gasteiger partial charge < -0.3 is 4.57 Å². The van der Waals surface area contributed by atoms with Crippen molar-refractivity contribution in [2.75, 3.05) is 0 Å². The van der Waals surface area contributed by atoms with Crippen LogP contribution in [0.1, 0.15) is 0 Å². The zero-order chi connectivity index (χ0) is 35.1. The second-order valence-corrected chi connectivity index (χ2v) is 13.3. The summed E-state index contributed by atoms with van der Waals surface area (Å²) in [5.41, 5.74) is 10.9. The highest BCUT2D eigenvalue weighted by molar-refractivity contribution is 6.09. The molecule has 4 heteroatoms. The lowest BCUT2D eigenvalue weighted by Gasteiger charge is -2.14. The smallest absolute Gasteiger partial charge is 0.164 e. The number of fused-ring (bicyclic) bond motifs is 4. The van der Waals surface area contributed by atoms with E-state index in [1.165, 1.54) is 38.1 Å². The summed E-state index contributed by atoms with van der Waals surface area (Å²) in [6, 6.07) is 68.1. The summed E-state index contributed by atoms with van der Waals surface area (Å²) in [5, 5.41) is 4.96. The van der Waals surface area contributed by atoms with Gasteiger partial charge in [-0.3, -0.25) is 0 Å². The minimum absolute atomic E-state index is 0.634. The van der Waals surface area contributed by atoms with Crippen molar-refractivity contribution in [1.82, 2.24) is 19.5 Å². The predicted molar refractivity (Wildman–Crippen MR) is 219 cm³/mol. The molecular formula is C49H32N4. The molecule has 8 aromatic carbocycles. The average Bonchev–Trinajstić information content (AvgIpc) is 3.58. The standard InChI is InChI=1S/C49H32N4/c1-2-13-36(14-3-1)47-50-48(37-27-22-34(23-28-37)40-31-24-33-12-4-5-15-39(33)32-40)52-49(51-47)38-29-25-35(26-30-38)41-16-6-9-19-44(41)53-45-20-10-7-17-42(45)43-18-8-11-21-46(43)53/h1-32H. The van der Waals surface area contributed by atoms with Crippen molar-refractivity contribution in [1.29, 1.82) is 0 Å². The highest BCUT2D eigenvalue weighted by atomic mass is 15.0. The Morgan fingerprint density at radius 1 is 0.302 bits per heavy atom. The van der Waals surface area contributed by atoms with Crippen LogP contribution in [0.15, 0.2) is 194 Å². The second kappa shape index (κ2) is 12.9. The molecule has 10 aromatic rings. The maximum atomic E-state index is 5.05. The Kier molecular flexibility index (Phi) is 7.43. The summed E-state index contributed by atoms with van der Waals surface area (Å²) in [5.74, 6) is 1.92. The van der Waals surface area contributed by atoms with Crippen LogP contribution in [0.4, 0.5) is 0 Å². The lowest BCUT2D eigenvalue weighted by atomic mass is 10.00. The van der Waals surface area contributed by atoms with Crippen molar-refractivity contribution in [2.24, 2.45) is 0 Å². The molecule has 0 atom stereocenters. The van der Waals surface area contributed by atoms with E-state index in [4.69, 9.17) is 15.0 Å². The summed E-state index contributed by atoms with van der Waals surface area (Å²) >= 11 is 0. The van der Waals surface area contributed by atoms with Gasteiger partial charge in [0.1, 0.15) is 0 Å². The van der Waals surface area contributed by atoms with Crippen molar-refractivity contribution >= 4 is 32.6 Å². The molecule has 0 N–H and O–H groups in total. The molecule has 0 radical (unpaired) electrons. The van der Waals surface area contributed by atoms with Gasteiger partial charge in [0.2, 0.25) is 0 Å². The van der Waals surface area contributed by atoms with Crippen molar-refractivity contribution in [3.8, 4) is 62.1 Å². The molecular weight excluding hydrogens is 645 g/mol. The Labute approximate surface area is 307 Å². The van der Waals surface area contributed by atoms with Gasteiger partial charge in [0.25, 0.3) is 0 Å². The molecule has 53 heavy (non-hydrogen) atoms. The molecule has 0 aliphatic heterocycles. The first-order chi connectivity index (χ1) is 26.3. The number of rotatable bonds is 6. The molecule has 2 aromatic heterocycles. The van der Waals surface area contributed by atoms with E-state index in [9.17, 15) is 0 Å².